The molecule has 0 spiro atoms. The number of ether oxygens (including phenoxy) is 1. The fourth-order valence-corrected chi connectivity index (χ4v) is 3.70. The van der Waals surface area contributed by atoms with Crippen LogP contribution in [0.2, 0.25) is 0 Å². The van der Waals surface area contributed by atoms with E-state index >= 15 is 0 Å². The summed E-state index contributed by atoms with van der Waals surface area (Å²) in [6, 6.07) is 7.01. The van der Waals surface area contributed by atoms with Gasteiger partial charge in [-0.25, -0.2) is 0 Å². The monoisotopic (exact) mass is 362 g/mol. The van der Waals surface area contributed by atoms with E-state index in [9.17, 15) is 18.4 Å². The van der Waals surface area contributed by atoms with E-state index in [-0.39, 0.29) is 23.3 Å². The van der Waals surface area contributed by atoms with Crippen molar-refractivity contribution in [1.82, 2.24) is 10.2 Å². The molecule has 5 nitrogen and oxygen atoms in total. The summed E-state index contributed by atoms with van der Waals surface area (Å²) < 4.78 is 45.3. The summed E-state index contributed by atoms with van der Waals surface area (Å²) in [5.41, 5.74) is 5.47. The SMILES string of the molecule is Cc1[nH]nc2c1[C@@](c1cccc(C(F)(F)F)c1)(C(C)C)C(C#N)=C(N)O2. The van der Waals surface area contributed by atoms with Gasteiger partial charge in [0.25, 0.3) is 0 Å². The second kappa shape index (κ2) is 5.80. The van der Waals surface area contributed by atoms with Gasteiger partial charge in [-0.15, -0.1) is 5.10 Å². The Labute approximate surface area is 148 Å². The van der Waals surface area contributed by atoms with Crippen molar-refractivity contribution in [1.29, 1.82) is 5.26 Å². The van der Waals surface area contributed by atoms with Gasteiger partial charge in [-0.1, -0.05) is 32.0 Å². The summed E-state index contributed by atoms with van der Waals surface area (Å²) in [5.74, 6) is -0.277. The first-order chi connectivity index (χ1) is 12.1. The molecule has 0 fully saturated rings. The lowest BCUT2D eigenvalue weighted by molar-refractivity contribution is -0.137. The molecule has 3 N–H and O–H groups in total. The van der Waals surface area contributed by atoms with Gasteiger partial charge >= 0.3 is 6.18 Å². The van der Waals surface area contributed by atoms with Crippen LogP contribution in [0.25, 0.3) is 0 Å². The van der Waals surface area contributed by atoms with E-state index < -0.39 is 17.2 Å². The Balaban J connectivity index is 2.43. The second-order valence-corrected chi connectivity index (χ2v) is 6.52. The van der Waals surface area contributed by atoms with Crippen molar-refractivity contribution in [2.45, 2.75) is 32.4 Å². The number of aromatic amines is 1. The smallest absolute Gasteiger partial charge is 0.416 e. The summed E-state index contributed by atoms with van der Waals surface area (Å²) in [6.07, 6.45) is -4.50. The van der Waals surface area contributed by atoms with E-state index in [1.165, 1.54) is 6.07 Å². The van der Waals surface area contributed by atoms with E-state index in [1.807, 2.05) is 19.9 Å². The van der Waals surface area contributed by atoms with Crippen LogP contribution in [0.15, 0.2) is 35.7 Å². The minimum Gasteiger partial charge on any atom is -0.420 e. The number of fused-ring (bicyclic) bond motifs is 1. The molecule has 0 radical (unpaired) electrons. The van der Waals surface area contributed by atoms with Gasteiger partial charge in [0.15, 0.2) is 0 Å². The maximum atomic E-state index is 13.3. The Morgan fingerprint density at radius 1 is 1.35 bits per heavy atom. The van der Waals surface area contributed by atoms with Crippen molar-refractivity contribution in [2.24, 2.45) is 11.7 Å². The van der Waals surface area contributed by atoms with Crippen molar-refractivity contribution in [3.8, 4) is 11.9 Å². The quantitative estimate of drug-likeness (QED) is 0.851. The number of nitrogens with zero attached hydrogens (tertiary/aromatic N) is 2. The molecule has 26 heavy (non-hydrogen) atoms. The van der Waals surface area contributed by atoms with Crippen LogP contribution in [0, 0.1) is 24.2 Å². The number of hydrogen-bond acceptors (Lipinski definition) is 4. The van der Waals surface area contributed by atoms with Gasteiger partial charge in [0.05, 0.1) is 16.5 Å². The Bertz CT molecular complexity index is 937. The Hall–Kier alpha value is -2.95. The van der Waals surface area contributed by atoms with Gasteiger partial charge in [0.1, 0.15) is 11.6 Å². The molecule has 0 amide bonds. The number of rotatable bonds is 2. The van der Waals surface area contributed by atoms with E-state index in [0.29, 0.717) is 16.8 Å². The highest BCUT2D eigenvalue weighted by Gasteiger charge is 2.51. The lowest BCUT2D eigenvalue weighted by Gasteiger charge is -2.41. The highest BCUT2D eigenvalue weighted by Crippen LogP contribution is 2.52. The number of aryl methyl sites for hydroxylation is 1. The molecule has 0 aliphatic carbocycles. The van der Waals surface area contributed by atoms with Gasteiger partial charge in [0, 0.05) is 5.69 Å². The van der Waals surface area contributed by atoms with E-state index in [0.717, 1.165) is 12.1 Å². The third-order valence-corrected chi connectivity index (χ3v) is 4.78. The molecule has 1 atom stereocenters. The average Bonchev–Trinajstić information content (AvgIpc) is 2.93. The third-order valence-electron chi connectivity index (χ3n) is 4.78. The maximum absolute atomic E-state index is 13.3. The summed E-state index contributed by atoms with van der Waals surface area (Å²) >= 11 is 0. The number of benzene rings is 1. The summed E-state index contributed by atoms with van der Waals surface area (Å²) in [4.78, 5) is 0. The standard InChI is InChI=1S/C18H17F3N4O/c1-9(2)17(11-5-4-6-12(7-11)18(19,20)21)13(8-22)15(23)26-16-14(17)10(3)24-25-16/h4-7,9H,23H2,1-3H3,(H,24,25)/t17-/m1/s1. The van der Waals surface area contributed by atoms with Gasteiger partial charge < -0.3 is 10.5 Å². The predicted molar refractivity (Wildman–Crippen MR) is 87.8 cm³/mol. The molecule has 0 saturated carbocycles. The second-order valence-electron chi connectivity index (χ2n) is 6.52. The number of nitrogens with one attached hydrogen (secondary N) is 1. The first kappa shape index (κ1) is 17.9. The van der Waals surface area contributed by atoms with Crippen molar-refractivity contribution in [3.05, 3.63) is 58.1 Å². The van der Waals surface area contributed by atoms with Crippen molar-refractivity contribution >= 4 is 0 Å². The zero-order valence-electron chi connectivity index (χ0n) is 14.4. The normalized spacial score (nSPS) is 19.9. The van der Waals surface area contributed by atoms with Gasteiger partial charge in [0.2, 0.25) is 11.8 Å². The molecular formula is C18H17F3N4O. The molecule has 2 heterocycles. The molecule has 1 aliphatic heterocycles. The maximum Gasteiger partial charge on any atom is 0.416 e. The Morgan fingerprint density at radius 2 is 2.04 bits per heavy atom. The Kier molecular flexibility index (Phi) is 3.98. The van der Waals surface area contributed by atoms with Crippen molar-refractivity contribution in [3.63, 3.8) is 0 Å². The van der Waals surface area contributed by atoms with Crippen molar-refractivity contribution in [2.75, 3.05) is 0 Å². The first-order valence-electron chi connectivity index (χ1n) is 7.95. The summed E-state index contributed by atoms with van der Waals surface area (Å²) in [6.45, 7) is 5.38. The number of hydrogen-bond donors (Lipinski definition) is 2. The highest BCUT2D eigenvalue weighted by atomic mass is 19.4. The zero-order chi connectivity index (χ0) is 19.3. The zero-order valence-corrected chi connectivity index (χ0v) is 14.4. The van der Waals surface area contributed by atoms with Gasteiger partial charge in [-0.2, -0.15) is 18.4 Å². The predicted octanol–water partition coefficient (Wildman–Crippen LogP) is 3.77. The minimum absolute atomic E-state index is 0.0730. The largest absolute Gasteiger partial charge is 0.420 e. The van der Waals surface area contributed by atoms with Crippen LogP contribution in [-0.4, -0.2) is 10.2 Å². The minimum atomic E-state index is -4.50. The molecule has 0 bridgehead atoms. The average molecular weight is 362 g/mol. The molecule has 0 saturated heterocycles. The molecule has 2 aromatic rings. The molecule has 136 valence electrons. The fourth-order valence-electron chi connectivity index (χ4n) is 3.70. The van der Waals surface area contributed by atoms with Crippen LogP contribution in [0.5, 0.6) is 5.88 Å². The van der Waals surface area contributed by atoms with Crippen molar-refractivity contribution < 1.29 is 17.9 Å². The molecule has 3 rings (SSSR count). The number of nitrogens with two attached hydrogens (primary N) is 1. The van der Waals surface area contributed by atoms with Crippen LogP contribution < -0.4 is 10.5 Å². The van der Waals surface area contributed by atoms with Crippen LogP contribution in [0.3, 0.4) is 0 Å². The third kappa shape index (κ3) is 2.35. The fraction of sp³-hybridized carbons (Fsp3) is 0.333. The van der Waals surface area contributed by atoms with E-state index in [4.69, 9.17) is 10.5 Å². The van der Waals surface area contributed by atoms with Crippen LogP contribution in [0.4, 0.5) is 13.2 Å². The molecular weight excluding hydrogens is 345 g/mol. The van der Waals surface area contributed by atoms with E-state index in [2.05, 4.69) is 10.2 Å². The van der Waals surface area contributed by atoms with Gasteiger partial charge in [-0.05, 0) is 24.5 Å². The molecule has 1 aromatic heterocycles. The van der Waals surface area contributed by atoms with Crippen LogP contribution in [0.1, 0.15) is 36.2 Å². The number of alkyl halides is 3. The number of aromatic nitrogens is 2. The molecule has 8 heteroatoms. The van der Waals surface area contributed by atoms with E-state index in [1.54, 1.807) is 13.0 Å². The molecule has 1 aliphatic rings. The van der Waals surface area contributed by atoms with Crippen LogP contribution in [-0.2, 0) is 11.6 Å². The van der Waals surface area contributed by atoms with Gasteiger partial charge in [-0.3, -0.25) is 5.10 Å². The summed E-state index contributed by atoms with van der Waals surface area (Å²) in [7, 11) is 0. The summed E-state index contributed by atoms with van der Waals surface area (Å²) in [5, 5.41) is 16.6. The topological polar surface area (TPSA) is 87.7 Å². The molecule has 0 unspecified atom stereocenters. The first-order valence-corrected chi connectivity index (χ1v) is 7.95. The number of nitriles is 1. The molecule has 1 aromatic carbocycles. The lowest BCUT2D eigenvalue weighted by atomic mass is 9.61. The lowest BCUT2D eigenvalue weighted by Crippen LogP contribution is -2.41. The number of halogens is 3. The Morgan fingerprint density at radius 3 is 2.62 bits per heavy atom. The number of H-pyrrole nitrogens is 1. The van der Waals surface area contributed by atoms with Crippen LogP contribution >= 0.6 is 0 Å². The highest BCUT2D eigenvalue weighted by molar-refractivity contribution is 5.61. The number of allylic oxidation sites excluding steroid dienone is 1.